The molecule has 0 aliphatic rings. The number of likely N-dealkylation sites (N-methyl/N-ethyl adjacent to an activating group) is 1. The molecule has 0 radical (unpaired) electrons. The molecule has 3 N–H and O–H groups in total. The number of nitrogens with two attached hydrogens (primary N) is 1. The van der Waals surface area contributed by atoms with Crippen LogP contribution in [0.25, 0.3) is 0 Å². The molecule has 6 nitrogen and oxygen atoms in total. The molecule has 1 heterocycles. The van der Waals surface area contributed by atoms with Crippen molar-refractivity contribution in [3.63, 3.8) is 0 Å². The Kier molecular flexibility index (Phi) is 6.27. The quantitative estimate of drug-likeness (QED) is 0.669. The van der Waals surface area contributed by atoms with Gasteiger partial charge in [-0.1, -0.05) is 0 Å². The van der Waals surface area contributed by atoms with Gasteiger partial charge in [0.15, 0.2) is 0 Å². The molecule has 0 fully saturated rings. The lowest BCUT2D eigenvalue weighted by Crippen LogP contribution is -2.34. The van der Waals surface area contributed by atoms with Gasteiger partial charge in [-0.2, -0.15) is 5.10 Å². The van der Waals surface area contributed by atoms with Crippen LogP contribution in [-0.2, 0) is 11.3 Å². The van der Waals surface area contributed by atoms with E-state index < -0.39 is 6.10 Å². The highest BCUT2D eigenvalue weighted by Gasteiger charge is 2.13. The average Bonchev–Trinajstić information content (AvgIpc) is 2.57. The fourth-order valence-electron chi connectivity index (χ4n) is 1.96. The number of ether oxygens (including phenoxy) is 1. The molecule has 1 atom stereocenters. The van der Waals surface area contributed by atoms with E-state index in [9.17, 15) is 5.11 Å². The van der Waals surface area contributed by atoms with E-state index in [-0.39, 0.29) is 0 Å². The molecule has 0 spiro atoms. The van der Waals surface area contributed by atoms with Gasteiger partial charge in [0, 0.05) is 19.7 Å². The van der Waals surface area contributed by atoms with E-state index in [1.165, 1.54) is 0 Å². The van der Waals surface area contributed by atoms with Crippen LogP contribution in [0.2, 0.25) is 0 Å². The van der Waals surface area contributed by atoms with Gasteiger partial charge in [0.25, 0.3) is 0 Å². The smallest absolute Gasteiger partial charge is 0.0862 e. The van der Waals surface area contributed by atoms with Gasteiger partial charge in [0.05, 0.1) is 36.3 Å². The largest absolute Gasteiger partial charge is 0.396 e. The lowest BCUT2D eigenvalue weighted by Gasteiger charge is -2.20. The first kappa shape index (κ1) is 15.9. The van der Waals surface area contributed by atoms with Crippen LogP contribution in [0.4, 0.5) is 5.69 Å². The number of hydrogen-bond acceptors (Lipinski definition) is 5. The van der Waals surface area contributed by atoms with Crippen molar-refractivity contribution in [3.05, 3.63) is 11.4 Å². The number of hydrogen-bond donors (Lipinski definition) is 2. The van der Waals surface area contributed by atoms with Crippen molar-refractivity contribution >= 4 is 5.69 Å². The predicted molar refractivity (Wildman–Crippen MR) is 76.1 cm³/mol. The molecule has 19 heavy (non-hydrogen) atoms. The van der Waals surface area contributed by atoms with E-state index in [1.54, 1.807) is 4.68 Å². The van der Waals surface area contributed by atoms with Gasteiger partial charge in [0.1, 0.15) is 0 Å². The first-order valence-electron chi connectivity index (χ1n) is 6.69. The third-order valence-corrected chi connectivity index (χ3v) is 3.17. The Morgan fingerprint density at radius 1 is 1.47 bits per heavy atom. The molecule has 1 aromatic rings. The van der Waals surface area contributed by atoms with Crippen molar-refractivity contribution < 1.29 is 9.84 Å². The summed E-state index contributed by atoms with van der Waals surface area (Å²) in [5.74, 6) is 0. The molecule has 0 aliphatic heterocycles. The summed E-state index contributed by atoms with van der Waals surface area (Å²) in [5.41, 5.74) is 8.30. The molecule has 6 heteroatoms. The van der Waals surface area contributed by atoms with Crippen molar-refractivity contribution in [2.75, 3.05) is 39.1 Å². The maximum Gasteiger partial charge on any atom is 0.0862 e. The van der Waals surface area contributed by atoms with E-state index in [0.717, 1.165) is 24.5 Å². The molecule has 0 amide bonds. The summed E-state index contributed by atoms with van der Waals surface area (Å²) >= 11 is 0. The summed E-state index contributed by atoms with van der Waals surface area (Å²) in [7, 11) is 1.97. The van der Waals surface area contributed by atoms with Crippen LogP contribution in [0.5, 0.6) is 0 Å². The van der Waals surface area contributed by atoms with E-state index in [2.05, 4.69) is 10.00 Å². The van der Waals surface area contributed by atoms with E-state index in [1.807, 2.05) is 27.8 Å². The van der Waals surface area contributed by atoms with Gasteiger partial charge >= 0.3 is 0 Å². The number of aromatic nitrogens is 2. The van der Waals surface area contributed by atoms with Crippen molar-refractivity contribution in [1.29, 1.82) is 0 Å². The van der Waals surface area contributed by atoms with E-state index >= 15 is 0 Å². The summed E-state index contributed by atoms with van der Waals surface area (Å²) in [5, 5.41) is 14.4. The summed E-state index contributed by atoms with van der Waals surface area (Å²) in [4.78, 5) is 2.05. The summed E-state index contributed by atoms with van der Waals surface area (Å²) in [6, 6.07) is 0. The monoisotopic (exact) mass is 270 g/mol. The highest BCUT2D eigenvalue weighted by molar-refractivity contribution is 5.46. The summed E-state index contributed by atoms with van der Waals surface area (Å²) in [6.07, 6.45) is -0.468. The topological polar surface area (TPSA) is 76.5 Å². The zero-order chi connectivity index (χ0) is 14.4. The Morgan fingerprint density at radius 3 is 2.68 bits per heavy atom. The highest BCUT2D eigenvalue weighted by atomic mass is 16.5. The molecule has 0 saturated heterocycles. The Balaban J connectivity index is 2.42. The van der Waals surface area contributed by atoms with Crippen molar-refractivity contribution in [2.45, 2.75) is 33.4 Å². The molecule has 1 rings (SSSR count). The number of nitrogens with zero attached hydrogens (tertiary/aromatic N) is 3. The molecule has 1 unspecified atom stereocenters. The minimum Gasteiger partial charge on any atom is -0.396 e. The second kappa shape index (κ2) is 7.47. The molecule has 0 bridgehead atoms. The molecule has 0 aromatic carbocycles. The van der Waals surface area contributed by atoms with Crippen LogP contribution in [-0.4, -0.2) is 59.2 Å². The second-order valence-corrected chi connectivity index (χ2v) is 4.88. The van der Waals surface area contributed by atoms with Crippen molar-refractivity contribution in [3.8, 4) is 0 Å². The van der Waals surface area contributed by atoms with Crippen LogP contribution in [0.15, 0.2) is 0 Å². The molecule has 0 aliphatic carbocycles. The van der Waals surface area contributed by atoms with E-state index in [4.69, 9.17) is 10.5 Å². The van der Waals surface area contributed by atoms with Crippen LogP contribution in [0.1, 0.15) is 18.3 Å². The van der Waals surface area contributed by atoms with Crippen LogP contribution < -0.4 is 5.73 Å². The average molecular weight is 270 g/mol. The number of aliphatic hydroxyl groups excluding tert-OH is 1. The first-order valence-corrected chi connectivity index (χ1v) is 6.69. The molecule has 110 valence electrons. The van der Waals surface area contributed by atoms with Crippen LogP contribution >= 0.6 is 0 Å². The molecular formula is C13H26N4O2. The van der Waals surface area contributed by atoms with Crippen LogP contribution in [0.3, 0.4) is 0 Å². The molecular weight excluding hydrogens is 244 g/mol. The highest BCUT2D eigenvalue weighted by Crippen LogP contribution is 2.15. The summed E-state index contributed by atoms with van der Waals surface area (Å²) in [6.45, 7) is 9.04. The maximum atomic E-state index is 10.1. The number of aryl methyl sites for hydroxylation is 1. The third kappa shape index (κ3) is 4.81. The normalized spacial score (nSPS) is 13.2. The molecule has 1 aromatic heterocycles. The third-order valence-electron chi connectivity index (χ3n) is 3.17. The lowest BCUT2D eigenvalue weighted by molar-refractivity contribution is 0.0792. The van der Waals surface area contributed by atoms with Gasteiger partial charge in [0.2, 0.25) is 0 Å². The van der Waals surface area contributed by atoms with Crippen molar-refractivity contribution in [2.24, 2.45) is 0 Å². The first-order chi connectivity index (χ1) is 8.95. The number of rotatable bonds is 8. The second-order valence-electron chi connectivity index (χ2n) is 4.88. The Hall–Kier alpha value is -1.11. The predicted octanol–water partition coefficient (Wildman–Crippen LogP) is 0.411. The standard InChI is InChI=1S/C13H26N4O2/c1-5-19-7-6-16(4)8-12(18)9-17-11(3)13(14)10(2)15-17/h12,18H,5-9,14H2,1-4H3. The fraction of sp³-hybridized carbons (Fsp3) is 0.769. The van der Waals surface area contributed by atoms with E-state index in [0.29, 0.717) is 25.4 Å². The van der Waals surface area contributed by atoms with Gasteiger partial charge < -0.3 is 20.5 Å². The SMILES string of the molecule is CCOCCN(C)CC(O)Cn1nc(C)c(N)c1C. The van der Waals surface area contributed by atoms with Crippen LogP contribution in [0, 0.1) is 13.8 Å². The number of nitrogen functional groups attached to an aromatic ring is 1. The fourth-order valence-corrected chi connectivity index (χ4v) is 1.96. The number of aliphatic hydroxyl groups is 1. The number of anilines is 1. The Labute approximate surface area is 115 Å². The zero-order valence-corrected chi connectivity index (χ0v) is 12.4. The minimum atomic E-state index is -0.468. The molecule has 0 saturated carbocycles. The van der Waals surface area contributed by atoms with Crippen molar-refractivity contribution in [1.82, 2.24) is 14.7 Å². The minimum absolute atomic E-state index is 0.461. The van der Waals surface area contributed by atoms with Gasteiger partial charge in [-0.05, 0) is 27.8 Å². The lowest BCUT2D eigenvalue weighted by atomic mass is 10.3. The maximum absolute atomic E-state index is 10.1. The van der Waals surface area contributed by atoms with Gasteiger partial charge in [-0.25, -0.2) is 0 Å². The van der Waals surface area contributed by atoms with Gasteiger partial charge in [-0.3, -0.25) is 4.68 Å². The zero-order valence-electron chi connectivity index (χ0n) is 12.4. The van der Waals surface area contributed by atoms with Gasteiger partial charge in [-0.15, -0.1) is 0 Å². The Morgan fingerprint density at radius 2 is 2.16 bits per heavy atom. The Bertz CT molecular complexity index is 392. The summed E-state index contributed by atoms with van der Waals surface area (Å²) < 4.78 is 7.05.